The largest absolute Gasteiger partial charge is 0.434 e. The highest BCUT2D eigenvalue weighted by atomic mass is 35.5. The highest BCUT2D eigenvalue weighted by molar-refractivity contribution is 7.91. The summed E-state index contributed by atoms with van der Waals surface area (Å²) in [5.74, 6) is 0.0441. The molecule has 1 aromatic heterocycles. The topological polar surface area (TPSA) is 115 Å². The number of alkyl halides is 2. The number of aromatic amines is 1. The van der Waals surface area contributed by atoms with Crippen LogP contribution in [-0.2, 0) is 14.6 Å². The van der Waals surface area contributed by atoms with Gasteiger partial charge in [-0.15, -0.1) is 0 Å². The number of hydrogen-bond donors (Lipinski definition) is 2. The van der Waals surface area contributed by atoms with E-state index in [4.69, 9.17) is 22.3 Å². The van der Waals surface area contributed by atoms with Crippen LogP contribution in [0.3, 0.4) is 0 Å². The molecule has 0 radical (unpaired) electrons. The molecule has 1 fully saturated rings. The smallest absolute Gasteiger partial charge is 0.387 e. The molecule has 1 unspecified atom stereocenters. The summed E-state index contributed by atoms with van der Waals surface area (Å²) in [7, 11) is -3.37. The Kier molecular flexibility index (Phi) is 7.59. The number of H-pyrrole nitrogens is 1. The molecule has 0 spiro atoms. The Balaban J connectivity index is 1.51. The minimum absolute atomic E-state index is 0.0134. The molecule has 1 atom stereocenters. The van der Waals surface area contributed by atoms with Gasteiger partial charge in [-0.2, -0.15) is 8.78 Å². The Morgan fingerprint density at radius 1 is 1.10 bits per heavy atom. The number of fused-ring (bicyclic) bond motifs is 1. The summed E-state index contributed by atoms with van der Waals surface area (Å²) >= 11 is 6.55. The molecular weight excluding hydrogens is 548 g/mol. The van der Waals surface area contributed by atoms with Crippen LogP contribution in [0.25, 0.3) is 22.2 Å². The number of hydrogen-bond acceptors (Lipinski definition) is 5. The van der Waals surface area contributed by atoms with Gasteiger partial charge in [0.05, 0.1) is 26.7 Å². The van der Waals surface area contributed by atoms with Gasteiger partial charge in [-0.25, -0.2) is 13.4 Å². The van der Waals surface area contributed by atoms with Gasteiger partial charge in [0.15, 0.2) is 9.84 Å². The molecule has 4 aromatic rings. The average Bonchev–Trinajstić information content (AvgIpc) is 3.59. The van der Waals surface area contributed by atoms with Gasteiger partial charge in [0.1, 0.15) is 11.6 Å². The van der Waals surface area contributed by atoms with Crippen LogP contribution in [0.5, 0.6) is 5.75 Å². The molecule has 1 aliphatic rings. The van der Waals surface area contributed by atoms with Crippen molar-refractivity contribution >= 4 is 38.4 Å². The van der Waals surface area contributed by atoms with Crippen molar-refractivity contribution < 1.29 is 26.7 Å². The molecule has 5 rings (SSSR count). The standard InChI is InChI=1S/C28H26ClF2N3O4S/c29-22-14-24-23(13-21(22)20-3-1-2-4-25(20)38-28(30)31)33-27(34-24)19(11-12-26(32)35)17-7-9-18(10-8-17)39(36,37)15-16-5-6-16/h1-4,7-10,13-14,16,19,28H,5-6,11-12,15H2,(H2,32,35)(H,33,34). The lowest BCUT2D eigenvalue weighted by Gasteiger charge is -2.15. The molecule has 1 aliphatic carbocycles. The number of aromatic nitrogens is 2. The molecule has 0 bridgehead atoms. The highest BCUT2D eigenvalue weighted by Crippen LogP contribution is 2.39. The van der Waals surface area contributed by atoms with E-state index in [1.807, 2.05) is 0 Å². The number of carbonyl (C=O) groups is 1. The third-order valence-corrected chi connectivity index (χ3v) is 9.00. The Bertz CT molecular complexity index is 1620. The van der Waals surface area contributed by atoms with E-state index >= 15 is 0 Å². The van der Waals surface area contributed by atoms with E-state index in [9.17, 15) is 22.0 Å². The zero-order valence-electron chi connectivity index (χ0n) is 20.7. The van der Waals surface area contributed by atoms with Crippen molar-refractivity contribution in [1.29, 1.82) is 0 Å². The number of nitrogens with zero attached hydrogens (tertiary/aromatic N) is 1. The second-order valence-corrected chi connectivity index (χ2v) is 12.1. The summed E-state index contributed by atoms with van der Waals surface area (Å²) in [6.45, 7) is -2.99. The lowest BCUT2D eigenvalue weighted by molar-refractivity contribution is -0.118. The zero-order chi connectivity index (χ0) is 27.7. The molecule has 204 valence electrons. The van der Waals surface area contributed by atoms with Gasteiger partial charge >= 0.3 is 6.61 Å². The first-order valence-electron chi connectivity index (χ1n) is 12.4. The fourth-order valence-electron chi connectivity index (χ4n) is 4.66. The van der Waals surface area contributed by atoms with Crippen molar-refractivity contribution in [1.82, 2.24) is 9.97 Å². The number of primary amides is 1. The summed E-state index contributed by atoms with van der Waals surface area (Å²) < 4.78 is 56.0. The number of nitrogens with two attached hydrogens (primary N) is 1. The summed E-state index contributed by atoms with van der Waals surface area (Å²) in [6, 6.07) is 16.3. The number of ether oxygens (including phenoxy) is 1. The Morgan fingerprint density at radius 2 is 1.82 bits per heavy atom. The highest BCUT2D eigenvalue weighted by Gasteiger charge is 2.29. The minimum Gasteiger partial charge on any atom is -0.434 e. The Morgan fingerprint density at radius 3 is 2.49 bits per heavy atom. The molecular formula is C28H26ClF2N3O4S. The number of carbonyl (C=O) groups excluding carboxylic acids is 1. The van der Waals surface area contributed by atoms with Crippen molar-refractivity contribution in [3.63, 3.8) is 0 Å². The maximum Gasteiger partial charge on any atom is 0.387 e. The van der Waals surface area contributed by atoms with Crippen LogP contribution in [0.1, 0.15) is 43.0 Å². The maximum absolute atomic E-state index is 13.0. The number of para-hydroxylation sites is 1. The number of sulfone groups is 1. The van der Waals surface area contributed by atoms with Gasteiger partial charge in [0, 0.05) is 23.5 Å². The SMILES string of the molecule is NC(=O)CCC(c1ccc(S(=O)(=O)CC2CC2)cc1)c1nc2cc(-c3ccccc3OC(F)F)c(Cl)cc2[nH]1. The van der Waals surface area contributed by atoms with E-state index in [1.165, 1.54) is 6.07 Å². The van der Waals surface area contributed by atoms with E-state index < -0.39 is 22.4 Å². The minimum atomic E-state index is -3.37. The fourth-order valence-corrected chi connectivity index (χ4v) is 6.62. The molecule has 3 N–H and O–H groups in total. The molecule has 7 nitrogen and oxygen atoms in total. The van der Waals surface area contributed by atoms with E-state index in [1.54, 1.807) is 54.6 Å². The summed E-state index contributed by atoms with van der Waals surface area (Å²) in [5, 5.41) is 0.307. The van der Waals surface area contributed by atoms with Crippen LogP contribution in [0.4, 0.5) is 8.78 Å². The monoisotopic (exact) mass is 573 g/mol. The first-order valence-corrected chi connectivity index (χ1v) is 14.5. The molecule has 11 heteroatoms. The Hall–Kier alpha value is -3.50. The average molecular weight is 574 g/mol. The van der Waals surface area contributed by atoms with E-state index in [2.05, 4.69) is 9.72 Å². The number of benzene rings is 3. The summed E-state index contributed by atoms with van der Waals surface area (Å²) in [6.07, 6.45) is 2.31. The van der Waals surface area contributed by atoms with Gasteiger partial charge in [-0.3, -0.25) is 4.79 Å². The molecule has 1 heterocycles. The van der Waals surface area contributed by atoms with Crippen molar-refractivity contribution in [2.45, 2.75) is 43.1 Å². The molecule has 0 aliphatic heterocycles. The van der Waals surface area contributed by atoms with Crippen molar-refractivity contribution in [2.24, 2.45) is 11.7 Å². The first-order chi connectivity index (χ1) is 18.6. The second kappa shape index (κ2) is 10.9. The van der Waals surface area contributed by atoms with E-state index in [0.29, 0.717) is 39.4 Å². The van der Waals surface area contributed by atoms with Crippen LogP contribution in [0.15, 0.2) is 65.6 Å². The van der Waals surface area contributed by atoms with Crippen molar-refractivity contribution in [3.05, 3.63) is 77.1 Å². The maximum atomic E-state index is 13.0. The lowest BCUT2D eigenvalue weighted by Crippen LogP contribution is -2.14. The number of halogens is 3. The number of rotatable bonds is 11. The summed E-state index contributed by atoms with van der Waals surface area (Å²) in [4.78, 5) is 19.9. The lowest BCUT2D eigenvalue weighted by atomic mass is 9.93. The molecule has 39 heavy (non-hydrogen) atoms. The molecule has 1 amide bonds. The number of imidazole rings is 1. The molecule has 0 saturated heterocycles. The second-order valence-electron chi connectivity index (χ2n) is 9.70. The van der Waals surface area contributed by atoms with Gasteiger partial charge < -0.3 is 15.5 Å². The normalized spacial score (nSPS) is 14.6. The van der Waals surface area contributed by atoms with Gasteiger partial charge in [0.2, 0.25) is 5.91 Å². The van der Waals surface area contributed by atoms with Crippen LogP contribution < -0.4 is 10.5 Å². The van der Waals surface area contributed by atoms with Crippen LogP contribution >= 0.6 is 11.6 Å². The van der Waals surface area contributed by atoms with E-state index in [0.717, 1.165) is 18.4 Å². The van der Waals surface area contributed by atoms with Crippen LogP contribution in [0.2, 0.25) is 5.02 Å². The third-order valence-electron chi connectivity index (χ3n) is 6.79. The predicted octanol–water partition coefficient (Wildman–Crippen LogP) is 6.07. The number of nitrogens with one attached hydrogen (secondary N) is 1. The summed E-state index contributed by atoms with van der Waals surface area (Å²) in [5.41, 5.74) is 8.20. The predicted molar refractivity (Wildman–Crippen MR) is 145 cm³/mol. The fraction of sp³-hybridized carbons (Fsp3) is 0.286. The van der Waals surface area contributed by atoms with Gasteiger partial charge in [-0.05, 0) is 61.1 Å². The van der Waals surface area contributed by atoms with Crippen molar-refractivity contribution in [3.8, 4) is 16.9 Å². The van der Waals surface area contributed by atoms with Crippen LogP contribution in [-0.4, -0.2) is 36.7 Å². The van der Waals surface area contributed by atoms with E-state index in [-0.39, 0.29) is 34.7 Å². The molecule has 1 saturated carbocycles. The Labute approximate surface area is 229 Å². The zero-order valence-corrected chi connectivity index (χ0v) is 22.3. The first kappa shape index (κ1) is 27.1. The molecule has 3 aromatic carbocycles. The van der Waals surface area contributed by atoms with Gasteiger partial charge in [-0.1, -0.05) is 41.9 Å². The van der Waals surface area contributed by atoms with Crippen LogP contribution in [0, 0.1) is 5.92 Å². The third kappa shape index (κ3) is 6.23. The van der Waals surface area contributed by atoms with Crippen molar-refractivity contribution in [2.75, 3.05) is 5.75 Å². The number of amides is 1. The quantitative estimate of drug-likeness (QED) is 0.226. The van der Waals surface area contributed by atoms with Gasteiger partial charge in [0.25, 0.3) is 0 Å².